The Labute approximate surface area is 117 Å². The van der Waals surface area contributed by atoms with E-state index in [-0.39, 0.29) is 5.69 Å². The van der Waals surface area contributed by atoms with Gasteiger partial charge in [0.15, 0.2) is 5.69 Å². The number of carboxylic acids is 1. The van der Waals surface area contributed by atoms with Crippen LogP contribution in [0, 0.1) is 13.8 Å². The molecule has 0 radical (unpaired) electrons. The summed E-state index contributed by atoms with van der Waals surface area (Å²) in [5.74, 6) is -1.07. The van der Waals surface area contributed by atoms with E-state index in [1.165, 1.54) is 0 Å². The predicted molar refractivity (Wildman–Crippen MR) is 74.8 cm³/mol. The van der Waals surface area contributed by atoms with Crippen LogP contribution in [0.1, 0.15) is 32.9 Å². The van der Waals surface area contributed by atoms with Crippen molar-refractivity contribution < 1.29 is 9.90 Å². The molecule has 1 aromatic heterocycles. The molecule has 6 nitrogen and oxygen atoms in total. The quantitative estimate of drug-likeness (QED) is 0.852. The average Bonchev–Trinajstić information content (AvgIpc) is 2.78. The Hall–Kier alpha value is -2.21. The van der Waals surface area contributed by atoms with Crippen molar-refractivity contribution >= 4 is 5.97 Å². The van der Waals surface area contributed by atoms with Gasteiger partial charge in [0.25, 0.3) is 0 Å². The first-order valence-corrected chi connectivity index (χ1v) is 6.45. The summed E-state index contributed by atoms with van der Waals surface area (Å²) in [6, 6.07) is 6.05. The average molecular weight is 274 g/mol. The fourth-order valence-corrected chi connectivity index (χ4v) is 2.26. The van der Waals surface area contributed by atoms with Crippen LogP contribution < -0.4 is 5.73 Å². The lowest BCUT2D eigenvalue weighted by molar-refractivity contribution is 0.0689. The molecule has 0 atom stereocenters. The monoisotopic (exact) mass is 274 g/mol. The van der Waals surface area contributed by atoms with Gasteiger partial charge < -0.3 is 10.8 Å². The number of hydrogen-bond acceptors (Lipinski definition) is 4. The van der Waals surface area contributed by atoms with E-state index in [0.29, 0.717) is 25.2 Å². The van der Waals surface area contributed by atoms with Gasteiger partial charge in [0.05, 0.1) is 12.2 Å². The molecule has 6 heteroatoms. The zero-order valence-electron chi connectivity index (χ0n) is 11.6. The third-order valence-corrected chi connectivity index (χ3v) is 3.37. The highest BCUT2D eigenvalue weighted by Crippen LogP contribution is 2.16. The van der Waals surface area contributed by atoms with Gasteiger partial charge >= 0.3 is 5.97 Å². The second-order valence-corrected chi connectivity index (χ2v) is 4.76. The van der Waals surface area contributed by atoms with E-state index in [0.717, 1.165) is 16.7 Å². The van der Waals surface area contributed by atoms with Gasteiger partial charge in [-0.3, -0.25) is 0 Å². The number of aromatic carboxylic acids is 1. The number of carbonyl (C=O) groups is 1. The molecular formula is C14H18N4O2. The van der Waals surface area contributed by atoms with Gasteiger partial charge in [-0.15, -0.1) is 5.10 Å². The Bertz CT molecular complexity index is 614. The van der Waals surface area contributed by atoms with E-state index in [2.05, 4.69) is 10.3 Å². The molecule has 106 valence electrons. The molecule has 0 amide bonds. The van der Waals surface area contributed by atoms with Crippen LogP contribution in [-0.2, 0) is 13.0 Å². The molecule has 2 rings (SSSR count). The topological polar surface area (TPSA) is 94.0 Å². The summed E-state index contributed by atoms with van der Waals surface area (Å²) in [7, 11) is 0. The second-order valence-electron chi connectivity index (χ2n) is 4.76. The van der Waals surface area contributed by atoms with Crippen LogP contribution in [-0.4, -0.2) is 32.6 Å². The highest BCUT2D eigenvalue weighted by Gasteiger charge is 2.19. The molecule has 0 saturated heterocycles. The van der Waals surface area contributed by atoms with E-state index < -0.39 is 5.97 Å². The number of nitrogens with two attached hydrogens (primary N) is 1. The summed E-state index contributed by atoms with van der Waals surface area (Å²) < 4.78 is 1.63. The van der Waals surface area contributed by atoms with Gasteiger partial charge in [-0.1, -0.05) is 23.4 Å². The SMILES string of the molecule is Cc1cccc(C)c1Cn1nnc(C(=O)O)c1CCN. The molecule has 0 aliphatic carbocycles. The molecule has 1 aromatic carbocycles. The molecule has 20 heavy (non-hydrogen) atoms. The van der Waals surface area contributed by atoms with E-state index in [1.807, 2.05) is 32.0 Å². The van der Waals surface area contributed by atoms with Crippen molar-refractivity contribution in [3.05, 3.63) is 46.3 Å². The number of aromatic nitrogens is 3. The molecule has 1 heterocycles. The minimum atomic E-state index is -1.07. The van der Waals surface area contributed by atoms with Crippen molar-refractivity contribution in [1.29, 1.82) is 0 Å². The fourth-order valence-electron chi connectivity index (χ4n) is 2.26. The lowest BCUT2D eigenvalue weighted by Gasteiger charge is -2.11. The number of nitrogens with zero attached hydrogens (tertiary/aromatic N) is 3. The van der Waals surface area contributed by atoms with Crippen LogP contribution >= 0.6 is 0 Å². The maximum atomic E-state index is 11.1. The maximum Gasteiger partial charge on any atom is 0.358 e. The van der Waals surface area contributed by atoms with E-state index >= 15 is 0 Å². The summed E-state index contributed by atoms with van der Waals surface area (Å²) in [5.41, 5.74) is 9.54. The summed E-state index contributed by atoms with van der Waals surface area (Å²) in [4.78, 5) is 11.1. The molecule has 0 aliphatic heterocycles. The molecule has 0 bridgehead atoms. The number of rotatable bonds is 5. The van der Waals surface area contributed by atoms with Crippen molar-refractivity contribution in [2.75, 3.05) is 6.54 Å². The summed E-state index contributed by atoms with van der Waals surface area (Å²) in [6.45, 7) is 4.93. The molecule has 0 unspecified atom stereocenters. The van der Waals surface area contributed by atoms with Crippen LogP contribution in [0.25, 0.3) is 0 Å². The first kappa shape index (κ1) is 14.2. The Morgan fingerprint density at radius 2 is 2.00 bits per heavy atom. The largest absolute Gasteiger partial charge is 0.476 e. The third kappa shape index (κ3) is 2.70. The minimum Gasteiger partial charge on any atom is -0.476 e. The molecular weight excluding hydrogens is 256 g/mol. The summed E-state index contributed by atoms with van der Waals surface area (Å²) in [6.07, 6.45) is 0.444. The van der Waals surface area contributed by atoms with Gasteiger partial charge in [0, 0.05) is 6.42 Å². The van der Waals surface area contributed by atoms with Crippen molar-refractivity contribution in [3.63, 3.8) is 0 Å². The Morgan fingerprint density at radius 1 is 1.35 bits per heavy atom. The number of aryl methyl sites for hydroxylation is 2. The second kappa shape index (κ2) is 5.83. The summed E-state index contributed by atoms with van der Waals surface area (Å²) in [5, 5.41) is 16.8. The highest BCUT2D eigenvalue weighted by atomic mass is 16.4. The van der Waals surface area contributed by atoms with Crippen LogP contribution in [0.5, 0.6) is 0 Å². The Kier molecular flexibility index (Phi) is 4.14. The number of hydrogen-bond donors (Lipinski definition) is 2. The summed E-state index contributed by atoms with van der Waals surface area (Å²) >= 11 is 0. The van der Waals surface area contributed by atoms with Gasteiger partial charge in [-0.2, -0.15) is 0 Å². The molecule has 0 aliphatic rings. The molecule has 0 saturated carbocycles. The number of carboxylic acid groups (broad SMARTS) is 1. The first-order valence-electron chi connectivity index (χ1n) is 6.45. The van der Waals surface area contributed by atoms with Crippen molar-refractivity contribution in [2.45, 2.75) is 26.8 Å². The lowest BCUT2D eigenvalue weighted by Crippen LogP contribution is -2.15. The first-order chi connectivity index (χ1) is 9.54. The van der Waals surface area contributed by atoms with Crippen molar-refractivity contribution in [3.8, 4) is 0 Å². The van der Waals surface area contributed by atoms with Crippen LogP contribution in [0.3, 0.4) is 0 Å². The molecule has 0 spiro atoms. The smallest absolute Gasteiger partial charge is 0.358 e. The van der Waals surface area contributed by atoms with Crippen LogP contribution in [0.2, 0.25) is 0 Å². The van der Waals surface area contributed by atoms with Gasteiger partial charge in [0.1, 0.15) is 0 Å². The predicted octanol–water partition coefficient (Wildman–Crippen LogP) is 1.14. The van der Waals surface area contributed by atoms with E-state index in [4.69, 9.17) is 10.8 Å². The van der Waals surface area contributed by atoms with Gasteiger partial charge in [-0.05, 0) is 37.1 Å². The van der Waals surface area contributed by atoms with Gasteiger partial charge in [-0.25, -0.2) is 9.48 Å². The lowest BCUT2D eigenvalue weighted by atomic mass is 10.0. The van der Waals surface area contributed by atoms with Gasteiger partial charge in [0.2, 0.25) is 0 Å². The third-order valence-electron chi connectivity index (χ3n) is 3.37. The van der Waals surface area contributed by atoms with Crippen LogP contribution in [0.15, 0.2) is 18.2 Å². The van der Waals surface area contributed by atoms with Crippen molar-refractivity contribution in [2.24, 2.45) is 5.73 Å². The van der Waals surface area contributed by atoms with Crippen LogP contribution in [0.4, 0.5) is 0 Å². The van der Waals surface area contributed by atoms with Crippen molar-refractivity contribution in [1.82, 2.24) is 15.0 Å². The van der Waals surface area contributed by atoms with E-state index in [9.17, 15) is 4.79 Å². The fraction of sp³-hybridized carbons (Fsp3) is 0.357. The standard InChI is InChI=1S/C14H18N4O2/c1-9-4-3-5-10(2)11(9)8-18-12(6-7-15)13(14(19)20)16-17-18/h3-5H,6-8,15H2,1-2H3,(H,19,20). The molecule has 0 fully saturated rings. The minimum absolute atomic E-state index is 0.0123. The zero-order chi connectivity index (χ0) is 14.7. The number of benzene rings is 1. The maximum absolute atomic E-state index is 11.1. The van der Waals surface area contributed by atoms with E-state index in [1.54, 1.807) is 4.68 Å². The zero-order valence-corrected chi connectivity index (χ0v) is 11.6. The Balaban J connectivity index is 2.41. The molecule has 3 N–H and O–H groups in total. The Morgan fingerprint density at radius 3 is 2.55 bits per heavy atom. The molecule has 2 aromatic rings. The normalized spacial score (nSPS) is 10.8. The highest BCUT2D eigenvalue weighted by molar-refractivity contribution is 5.86.